The topological polar surface area (TPSA) is 61.4 Å². The number of hydrogen-bond acceptors (Lipinski definition) is 2. The largest absolute Gasteiger partial charge is 0.396 e. The summed E-state index contributed by atoms with van der Waals surface area (Å²) in [5.41, 5.74) is 2.39. The lowest BCUT2D eigenvalue weighted by molar-refractivity contribution is 0.229. The smallest absolute Gasteiger partial charge is 0.315 e. The van der Waals surface area contributed by atoms with Crippen molar-refractivity contribution in [3.8, 4) is 0 Å². The minimum Gasteiger partial charge on any atom is -0.396 e. The second-order valence-electron chi connectivity index (χ2n) is 5.60. The molecule has 1 aliphatic carbocycles. The van der Waals surface area contributed by atoms with E-state index in [-0.39, 0.29) is 30.6 Å². The van der Waals surface area contributed by atoms with Crippen LogP contribution in [-0.4, -0.2) is 23.8 Å². The summed E-state index contributed by atoms with van der Waals surface area (Å²) >= 11 is 0. The van der Waals surface area contributed by atoms with Gasteiger partial charge in [0.2, 0.25) is 0 Å². The predicted molar refractivity (Wildman–Crippen MR) is 84.0 cm³/mol. The Kier molecular flexibility index (Phi) is 5.39. The summed E-state index contributed by atoms with van der Waals surface area (Å²) in [4.78, 5) is 12.0. The van der Waals surface area contributed by atoms with Gasteiger partial charge in [0.1, 0.15) is 0 Å². The van der Waals surface area contributed by atoms with Crippen molar-refractivity contribution in [3.63, 3.8) is 0 Å². The maximum Gasteiger partial charge on any atom is 0.315 e. The third kappa shape index (κ3) is 4.33. The summed E-state index contributed by atoms with van der Waals surface area (Å²) in [6.07, 6.45) is 5.69. The highest BCUT2D eigenvalue weighted by Gasteiger charge is 2.20. The van der Waals surface area contributed by atoms with Gasteiger partial charge in [-0.2, -0.15) is 0 Å². The van der Waals surface area contributed by atoms with Crippen molar-refractivity contribution >= 4 is 6.03 Å². The normalized spacial score (nSPS) is 22.0. The lowest BCUT2D eigenvalue weighted by Crippen LogP contribution is -2.41. The van der Waals surface area contributed by atoms with Crippen molar-refractivity contribution in [2.24, 2.45) is 5.92 Å². The first-order valence-electron chi connectivity index (χ1n) is 7.57. The number of nitrogens with one attached hydrogen (secondary N) is 2. The molecule has 0 fully saturated rings. The second kappa shape index (κ2) is 7.27. The number of aryl methyl sites for hydroxylation is 1. The van der Waals surface area contributed by atoms with Gasteiger partial charge in [0, 0.05) is 18.6 Å². The average molecular weight is 288 g/mol. The van der Waals surface area contributed by atoms with Crippen LogP contribution in [0.5, 0.6) is 0 Å². The highest BCUT2D eigenvalue weighted by Crippen LogP contribution is 2.17. The number of aliphatic hydroxyl groups is 1. The molecule has 2 amide bonds. The van der Waals surface area contributed by atoms with Crippen LogP contribution in [0.2, 0.25) is 0 Å². The first kappa shape index (κ1) is 15.6. The van der Waals surface area contributed by atoms with Crippen molar-refractivity contribution in [3.05, 3.63) is 47.5 Å². The summed E-state index contributed by atoms with van der Waals surface area (Å²) in [5.74, 6) is 0.161. The Morgan fingerprint density at radius 2 is 2.05 bits per heavy atom. The first-order valence-corrected chi connectivity index (χ1v) is 7.57. The fraction of sp³-hybridized carbons (Fsp3) is 0.471. The molecule has 0 saturated heterocycles. The molecule has 1 aromatic rings. The molecule has 1 unspecified atom stereocenters. The number of rotatable bonds is 5. The second-order valence-corrected chi connectivity index (χ2v) is 5.60. The molecular weight excluding hydrogens is 264 g/mol. The SMILES string of the molecule is CCc1ccc(C(C)NC(=O)N[C@@H]2C=C[C@H](CO)C2)cc1. The van der Waals surface area contributed by atoms with E-state index in [1.165, 1.54) is 5.56 Å². The molecule has 4 heteroatoms. The van der Waals surface area contributed by atoms with Crippen molar-refractivity contribution < 1.29 is 9.90 Å². The standard InChI is InChI=1S/C17H24N2O2/c1-3-13-4-7-15(8-5-13)12(2)18-17(21)19-16-9-6-14(10-16)11-20/h4-9,12,14,16,20H,3,10-11H2,1-2H3,(H2,18,19,21)/t12?,14-,16+/m0/s1. The Morgan fingerprint density at radius 1 is 1.33 bits per heavy atom. The van der Waals surface area contributed by atoms with Crippen LogP contribution in [0.3, 0.4) is 0 Å². The van der Waals surface area contributed by atoms with Gasteiger partial charge in [0.15, 0.2) is 0 Å². The zero-order valence-electron chi connectivity index (χ0n) is 12.7. The number of aliphatic hydroxyl groups excluding tert-OH is 1. The van der Waals surface area contributed by atoms with Crippen molar-refractivity contribution in [2.45, 2.75) is 38.8 Å². The van der Waals surface area contributed by atoms with Crippen molar-refractivity contribution in [2.75, 3.05) is 6.61 Å². The minimum atomic E-state index is -0.171. The lowest BCUT2D eigenvalue weighted by atomic mass is 10.1. The van der Waals surface area contributed by atoms with E-state index in [2.05, 4.69) is 41.8 Å². The number of benzene rings is 1. The predicted octanol–water partition coefficient (Wildman–Crippen LogP) is 2.55. The van der Waals surface area contributed by atoms with Crippen LogP contribution in [0.25, 0.3) is 0 Å². The molecule has 3 N–H and O–H groups in total. The number of carbonyl (C=O) groups is 1. The summed E-state index contributed by atoms with van der Waals surface area (Å²) in [7, 11) is 0. The Bertz CT molecular complexity index is 496. The lowest BCUT2D eigenvalue weighted by Gasteiger charge is -2.18. The molecule has 0 spiro atoms. The summed E-state index contributed by atoms with van der Waals surface area (Å²) < 4.78 is 0. The first-order chi connectivity index (χ1) is 10.1. The molecule has 4 nitrogen and oxygen atoms in total. The third-order valence-corrected chi connectivity index (χ3v) is 3.96. The monoisotopic (exact) mass is 288 g/mol. The Morgan fingerprint density at radius 3 is 2.62 bits per heavy atom. The van der Waals surface area contributed by atoms with Crippen LogP contribution in [-0.2, 0) is 6.42 Å². The summed E-state index contributed by atoms with van der Waals surface area (Å²) in [6.45, 7) is 4.23. The molecule has 0 radical (unpaired) electrons. The van der Waals surface area contributed by atoms with Crippen LogP contribution in [0.4, 0.5) is 4.79 Å². The molecule has 2 rings (SSSR count). The quantitative estimate of drug-likeness (QED) is 0.729. The molecule has 1 aliphatic rings. The van der Waals surface area contributed by atoms with Gasteiger partial charge in [0.05, 0.1) is 6.04 Å². The molecule has 114 valence electrons. The molecule has 3 atom stereocenters. The van der Waals surface area contributed by atoms with E-state index in [9.17, 15) is 4.79 Å². The van der Waals surface area contributed by atoms with Crippen LogP contribution < -0.4 is 10.6 Å². The van der Waals surface area contributed by atoms with E-state index in [1.54, 1.807) is 0 Å². The van der Waals surface area contributed by atoms with Crippen LogP contribution in [0, 0.1) is 5.92 Å². The van der Waals surface area contributed by atoms with E-state index in [0.29, 0.717) is 0 Å². The van der Waals surface area contributed by atoms with Gasteiger partial charge in [0.25, 0.3) is 0 Å². The van der Waals surface area contributed by atoms with Crippen LogP contribution >= 0.6 is 0 Å². The Labute approximate surface area is 126 Å². The van der Waals surface area contributed by atoms with Gasteiger partial charge in [-0.1, -0.05) is 43.3 Å². The average Bonchev–Trinajstić information content (AvgIpc) is 2.94. The van der Waals surface area contributed by atoms with Crippen molar-refractivity contribution in [1.29, 1.82) is 0 Å². The minimum absolute atomic E-state index is 0.0109. The van der Waals surface area contributed by atoms with Gasteiger partial charge >= 0.3 is 6.03 Å². The molecule has 1 aromatic carbocycles. The maximum atomic E-state index is 12.0. The highest BCUT2D eigenvalue weighted by atomic mass is 16.3. The summed E-state index contributed by atoms with van der Waals surface area (Å²) in [5, 5.41) is 14.9. The van der Waals surface area contributed by atoms with Gasteiger partial charge < -0.3 is 15.7 Å². The Balaban J connectivity index is 1.83. The van der Waals surface area contributed by atoms with E-state index in [1.807, 2.05) is 19.1 Å². The third-order valence-electron chi connectivity index (χ3n) is 3.96. The van der Waals surface area contributed by atoms with E-state index < -0.39 is 0 Å². The van der Waals surface area contributed by atoms with Gasteiger partial charge in [-0.3, -0.25) is 0 Å². The van der Waals surface area contributed by atoms with Crippen molar-refractivity contribution in [1.82, 2.24) is 10.6 Å². The zero-order chi connectivity index (χ0) is 15.2. The van der Waals surface area contributed by atoms with Gasteiger partial charge in [-0.15, -0.1) is 0 Å². The van der Waals surface area contributed by atoms with Gasteiger partial charge in [-0.05, 0) is 30.9 Å². The molecule has 0 bridgehead atoms. The van der Waals surface area contributed by atoms with E-state index in [0.717, 1.165) is 18.4 Å². The van der Waals surface area contributed by atoms with Gasteiger partial charge in [-0.25, -0.2) is 4.79 Å². The highest BCUT2D eigenvalue weighted by molar-refractivity contribution is 5.75. The number of amides is 2. The van der Waals surface area contributed by atoms with Crippen LogP contribution in [0.15, 0.2) is 36.4 Å². The molecule has 21 heavy (non-hydrogen) atoms. The number of urea groups is 1. The van der Waals surface area contributed by atoms with E-state index in [4.69, 9.17) is 5.11 Å². The van der Waals surface area contributed by atoms with E-state index >= 15 is 0 Å². The fourth-order valence-corrected chi connectivity index (χ4v) is 2.55. The maximum absolute atomic E-state index is 12.0. The molecule has 0 aliphatic heterocycles. The number of carbonyl (C=O) groups excluding carboxylic acids is 1. The summed E-state index contributed by atoms with van der Waals surface area (Å²) in [6, 6.07) is 8.11. The molecular formula is C17H24N2O2. The molecule has 0 heterocycles. The molecule has 0 aromatic heterocycles. The zero-order valence-corrected chi connectivity index (χ0v) is 12.7. The van der Waals surface area contributed by atoms with Crippen LogP contribution in [0.1, 0.15) is 37.4 Å². The Hall–Kier alpha value is -1.81. The fourth-order valence-electron chi connectivity index (χ4n) is 2.55. The molecule has 0 saturated carbocycles. The number of hydrogen-bond donors (Lipinski definition) is 3.